The largest absolute Gasteiger partial charge is 0.378 e. The normalized spacial score (nSPS) is 34.2. The van der Waals surface area contributed by atoms with Gasteiger partial charge in [-0.25, -0.2) is 0 Å². The summed E-state index contributed by atoms with van der Waals surface area (Å²) >= 11 is 0. The van der Waals surface area contributed by atoms with Crippen molar-refractivity contribution in [1.29, 1.82) is 0 Å². The highest BCUT2D eigenvalue weighted by molar-refractivity contribution is 4.68. The highest BCUT2D eigenvalue weighted by atomic mass is 16.5. The summed E-state index contributed by atoms with van der Waals surface area (Å²) in [6, 6.07) is 0. The lowest BCUT2D eigenvalue weighted by atomic mass is 9.93. The van der Waals surface area contributed by atoms with Crippen molar-refractivity contribution in [3.8, 4) is 0 Å². The predicted molar refractivity (Wildman–Crippen MR) is 41.8 cm³/mol. The van der Waals surface area contributed by atoms with E-state index in [9.17, 15) is 0 Å². The van der Waals surface area contributed by atoms with Gasteiger partial charge in [-0.3, -0.25) is 0 Å². The molecule has 0 saturated carbocycles. The molecule has 0 radical (unpaired) electrons. The highest BCUT2D eigenvalue weighted by Gasteiger charge is 2.17. The molecule has 2 N–H and O–H groups in total. The monoisotopic (exact) mass is 143 g/mol. The minimum Gasteiger partial charge on any atom is -0.378 e. The lowest BCUT2D eigenvalue weighted by Gasteiger charge is -2.26. The zero-order valence-electron chi connectivity index (χ0n) is 6.68. The van der Waals surface area contributed by atoms with E-state index >= 15 is 0 Å². The average Bonchev–Trinajstić information content (AvgIpc) is 1.88. The van der Waals surface area contributed by atoms with E-state index in [0.29, 0.717) is 6.10 Å². The molecular weight excluding hydrogens is 126 g/mol. The molecule has 0 aliphatic carbocycles. The van der Waals surface area contributed by atoms with E-state index in [0.717, 1.165) is 19.1 Å². The molecular formula is C8H17NO. The summed E-state index contributed by atoms with van der Waals surface area (Å²) in [6.07, 6.45) is 4.05. The van der Waals surface area contributed by atoms with Gasteiger partial charge in [-0.05, 0) is 38.6 Å². The second-order valence-electron chi connectivity index (χ2n) is 3.15. The number of nitrogens with two attached hydrogens (primary N) is 1. The fourth-order valence-electron chi connectivity index (χ4n) is 1.59. The Morgan fingerprint density at radius 3 is 3.00 bits per heavy atom. The first-order valence-electron chi connectivity index (χ1n) is 4.14. The summed E-state index contributed by atoms with van der Waals surface area (Å²) in [5, 5.41) is 0. The van der Waals surface area contributed by atoms with Crippen LogP contribution in [-0.4, -0.2) is 19.3 Å². The summed E-state index contributed by atoms with van der Waals surface area (Å²) in [7, 11) is 0. The van der Waals surface area contributed by atoms with Gasteiger partial charge in [0.05, 0.1) is 6.10 Å². The van der Waals surface area contributed by atoms with Gasteiger partial charge in [-0.15, -0.1) is 0 Å². The average molecular weight is 143 g/mol. The molecule has 2 atom stereocenters. The molecule has 1 rings (SSSR count). The lowest BCUT2D eigenvalue weighted by Crippen LogP contribution is -2.24. The Hall–Kier alpha value is -0.0800. The Balaban J connectivity index is 2.18. The Bertz CT molecular complexity index is 93.3. The van der Waals surface area contributed by atoms with Gasteiger partial charge < -0.3 is 10.5 Å². The van der Waals surface area contributed by atoms with Crippen molar-refractivity contribution in [3.05, 3.63) is 0 Å². The Morgan fingerprint density at radius 2 is 2.40 bits per heavy atom. The molecule has 0 unspecified atom stereocenters. The maximum absolute atomic E-state index is 5.46. The number of rotatable bonds is 2. The zero-order chi connectivity index (χ0) is 7.40. The van der Waals surface area contributed by atoms with Crippen molar-refractivity contribution in [2.75, 3.05) is 13.2 Å². The van der Waals surface area contributed by atoms with Crippen LogP contribution in [0.4, 0.5) is 0 Å². The van der Waals surface area contributed by atoms with Crippen LogP contribution in [-0.2, 0) is 4.74 Å². The molecule has 2 heteroatoms. The van der Waals surface area contributed by atoms with Gasteiger partial charge in [0.2, 0.25) is 0 Å². The van der Waals surface area contributed by atoms with Crippen LogP contribution in [0.2, 0.25) is 0 Å². The number of ether oxygens (including phenoxy) is 1. The third kappa shape index (κ3) is 2.27. The molecule has 1 aliphatic heterocycles. The first kappa shape index (κ1) is 8.02. The van der Waals surface area contributed by atoms with E-state index < -0.39 is 0 Å². The molecule has 1 heterocycles. The van der Waals surface area contributed by atoms with Gasteiger partial charge in [0.25, 0.3) is 0 Å². The minimum absolute atomic E-state index is 0.463. The molecule has 2 nitrogen and oxygen atoms in total. The summed E-state index contributed by atoms with van der Waals surface area (Å²) in [5.41, 5.74) is 5.46. The Kier molecular flexibility index (Phi) is 3.16. The van der Waals surface area contributed by atoms with E-state index in [-0.39, 0.29) is 0 Å². The predicted octanol–water partition coefficient (Wildman–Crippen LogP) is 1.15. The molecule has 0 amide bonds. The fraction of sp³-hybridized carbons (Fsp3) is 1.00. The first-order chi connectivity index (χ1) is 4.83. The van der Waals surface area contributed by atoms with Crippen LogP contribution in [0.5, 0.6) is 0 Å². The molecule has 1 aliphatic rings. The van der Waals surface area contributed by atoms with Gasteiger partial charge in [0, 0.05) is 6.61 Å². The molecule has 10 heavy (non-hydrogen) atoms. The van der Waals surface area contributed by atoms with Gasteiger partial charge in [0.15, 0.2) is 0 Å². The maximum atomic E-state index is 5.46. The first-order valence-corrected chi connectivity index (χ1v) is 4.14. The molecule has 0 bridgehead atoms. The SMILES string of the molecule is C[C@@H]1C[C@@H](CCN)CCO1. The van der Waals surface area contributed by atoms with Crippen molar-refractivity contribution < 1.29 is 4.74 Å². The van der Waals surface area contributed by atoms with Gasteiger partial charge in [-0.2, -0.15) is 0 Å². The molecule has 0 aromatic carbocycles. The Morgan fingerprint density at radius 1 is 1.60 bits per heavy atom. The van der Waals surface area contributed by atoms with Crippen molar-refractivity contribution in [2.24, 2.45) is 11.7 Å². The second-order valence-corrected chi connectivity index (χ2v) is 3.15. The van der Waals surface area contributed by atoms with Gasteiger partial charge in [0.1, 0.15) is 0 Å². The highest BCUT2D eigenvalue weighted by Crippen LogP contribution is 2.21. The number of hydrogen-bond donors (Lipinski definition) is 1. The smallest absolute Gasteiger partial charge is 0.0549 e. The molecule has 1 fully saturated rings. The van der Waals surface area contributed by atoms with Crippen molar-refractivity contribution in [1.82, 2.24) is 0 Å². The summed E-state index contributed by atoms with van der Waals surface area (Å²) in [6.45, 7) is 3.91. The third-order valence-corrected chi connectivity index (χ3v) is 2.17. The van der Waals surface area contributed by atoms with Crippen LogP contribution >= 0.6 is 0 Å². The standard InChI is InChI=1S/C8H17NO/c1-7-6-8(2-4-9)3-5-10-7/h7-8H,2-6,9H2,1H3/t7-,8+/m1/s1. The fourth-order valence-corrected chi connectivity index (χ4v) is 1.59. The lowest BCUT2D eigenvalue weighted by molar-refractivity contribution is 0.00145. The molecule has 1 saturated heterocycles. The van der Waals surface area contributed by atoms with Gasteiger partial charge in [-0.1, -0.05) is 0 Å². The van der Waals surface area contributed by atoms with Crippen LogP contribution in [0, 0.1) is 5.92 Å². The molecule has 0 aromatic heterocycles. The summed E-state index contributed by atoms with van der Waals surface area (Å²) in [4.78, 5) is 0. The van der Waals surface area contributed by atoms with Crippen molar-refractivity contribution >= 4 is 0 Å². The topological polar surface area (TPSA) is 35.2 Å². The quantitative estimate of drug-likeness (QED) is 0.629. The van der Waals surface area contributed by atoms with Crippen LogP contribution in [0.15, 0.2) is 0 Å². The van der Waals surface area contributed by atoms with Gasteiger partial charge >= 0.3 is 0 Å². The third-order valence-electron chi connectivity index (χ3n) is 2.17. The van der Waals surface area contributed by atoms with Crippen molar-refractivity contribution in [2.45, 2.75) is 32.3 Å². The number of hydrogen-bond acceptors (Lipinski definition) is 2. The van der Waals surface area contributed by atoms with E-state index in [4.69, 9.17) is 10.5 Å². The molecule has 60 valence electrons. The van der Waals surface area contributed by atoms with E-state index in [1.807, 2.05) is 0 Å². The molecule has 0 spiro atoms. The summed E-state index contributed by atoms with van der Waals surface area (Å²) in [5.74, 6) is 0.828. The van der Waals surface area contributed by atoms with Crippen LogP contribution in [0.1, 0.15) is 26.2 Å². The Labute approximate surface area is 62.7 Å². The van der Waals surface area contributed by atoms with E-state index in [2.05, 4.69) is 6.92 Å². The van der Waals surface area contributed by atoms with E-state index in [1.54, 1.807) is 0 Å². The minimum atomic E-state index is 0.463. The summed E-state index contributed by atoms with van der Waals surface area (Å²) < 4.78 is 5.41. The van der Waals surface area contributed by atoms with Crippen molar-refractivity contribution in [3.63, 3.8) is 0 Å². The zero-order valence-corrected chi connectivity index (χ0v) is 6.68. The van der Waals surface area contributed by atoms with Crippen LogP contribution in [0.25, 0.3) is 0 Å². The van der Waals surface area contributed by atoms with Crippen LogP contribution < -0.4 is 5.73 Å². The maximum Gasteiger partial charge on any atom is 0.0549 e. The second kappa shape index (κ2) is 3.94. The van der Waals surface area contributed by atoms with Crippen LogP contribution in [0.3, 0.4) is 0 Å². The molecule has 0 aromatic rings. The van der Waals surface area contributed by atoms with E-state index in [1.165, 1.54) is 19.3 Å².